The van der Waals surface area contributed by atoms with Gasteiger partial charge in [-0.25, -0.2) is 4.79 Å². The molecule has 1 aliphatic heterocycles. The van der Waals surface area contributed by atoms with Crippen molar-refractivity contribution in [3.05, 3.63) is 90.0 Å². The van der Waals surface area contributed by atoms with Crippen molar-refractivity contribution in [2.75, 3.05) is 37.4 Å². The minimum Gasteiger partial charge on any atom is -0.488 e. The van der Waals surface area contributed by atoms with Crippen molar-refractivity contribution in [1.29, 1.82) is 0 Å². The second-order valence-electron chi connectivity index (χ2n) is 10.3. The van der Waals surface area contributed by atoms with Crippen LogP contribution in [0.4, 0.5) is 16.2 Å². The Hall–Kier alpha value is -3.88. The third-order valence-corrected chi connectivity index (χ3v) is 6.99. The zero-order valence-electron chi connectivity index (χ0n) is 22.8. The molecule has 0 unspecified atom stereocenters. The van der Waals surface area contributed by atoms with E-state index in [1.807, 2.05) is 61.5 Å². The Balaban J connectivity index is 1.56. The van der Waals surface area contributed by atoms with Gasteiger partial charge in [-0.3, -0.25) is 9.69 Å². The van der Waals surface area contributed by atoms with Crippen LogP contribution in [0.5, 0.6) is 5.75 Å². The fraction of sp³-hybridized carbons (Fsp3) is 0.355. The zero-order chi connectivity index (χ0) is 27.8. The normalized spacial score (nSPS) is 18.3. The third kappa shape index (κ3) is 7.81. The van der Waals surface area contributed by atoms with E-state index in [1.54, 1.807) is 17.0 Å². The molecule has 3 atom stereocenters. The first kappa shape index (κ1) is 28.1. The molecule has 0 radical (unpaired) electrons. The van der Waals surface area contributed by atoms with E-state index in [0.717, 1.165) is 6.54 Å². The number of urea groups is 1. The number of ether oxygens (including phenoxy) is 1. The van der Waals surface area contributed by atoms with Crippen molar-refractivity contribution < 1.29 is 19.4 Å². The SMILES string of the molecule is C[C@@H]1CN([C@@H](C)CO)C(=O)Cc2cc(NC(=O)Nc3ccccc3)ccc2O[C@@H]1CN(C)Cc1ccccc1. The second kappa shape index (κ2) is 13.3. The fourth-order valence-corrected chi connectivity index (χ4v) is 4.81. The number of anilines is 2. The Kier molecular flexibility index (Phi) is 9.57. The van der Waals surface area contributed by atoms with E-state index in [1.165, 1.54) is 5.56 Å². The third-order valence-electron chi connectivity index (χ3n) is 6.99. The lowest BCUT2D eigenvalue weighted by Crippen LogP contribution is -2.47. The summed E-state index contributed by atoms with van der Waals surface area (Å²) < 4.78 is 6.59. The van der Waals surface area contributed by atoms with Crippen molar-refractivity contribution >= 4 is 23.3 Å². The summed E-state index contributed by atoms with van der Waals surface area (Å²) in [5.41, 5.74) is 3.15. The first-order chi connectivity index (χ1) is 18.8. The summed E-state index contributed by atoms with van der Waals surface area (Å²) in [4.78, 5) is 30.0. The molecule has 3 aromatic carbocycles. The van der Waals surface area contributed by atoms with Gasteiger partial charge in [-0.15, -0.1) is 0 Å². The van der Waals surface area contributed by atoms with Gasteiger partial charge in [0.05, 0.1) is 19.1 Å². The van der Waals surface area contributed by atoms with Crippen LogP contribution in [0.25, 0.3) is 0 Å². The van der Waals surface area contributed by atoms with Gasteiger partial charge in [-0.05, 0) is 49.9 Å². The van der Waals surface area contributed by atoms with Crippen LogP contribution in [0.1, 0.15) is 25.0 Å². The van der Waals surface area contributed by atoms with Gasteiger partial charge in [0.25, 0.3) is 0 Å². The van der Waals surface area contributed by atoms with Crippen molar-refractivity contribution in [3.63, 3.8) is 0 Å². The topological polar surface area (TPSA) is 94.1 Å². The molecule has 0 saturated carbocycles. The lowest BCUT2D eigenvalue weighted by molar-refractivity contribution is -0.134. The van der Waals surface area contributed by atoms with Gasteiger partial charge >= 0.3 is 6.03 Å². The molecule has 8 heteroatoms. The van der Waals surface area contributed by atoms with Crippen LogP contribution in [0.3, 0.4) is 0 Å². The van der Waals surface area contributed by atoms with Gasteiger partial charge in [0.15, 0.2) is 0 Å². The average molecular weight is 531 g/mol. The average Bonchev–Trinajstić information content (AvgIpc) is 2.97. The molecule has 1 aliphatic rings. The van der Waals surface area contributed by atoms with Crippen molar-refractivity contribution in [2.24, 2.45) is 5.92 Å². The van der Waals surface area contributed by atoms with E-state index in [9.17, 15) is 14.7 Å². The maximum Gasteiger partial charge on any atom is 0.323 e. The van der Waals surface area contributed by atoms with Crippen LogP contribution >= 0.6 is 0 Å². The highest BCUT2D eigenvalue weighted by Crippen LogP contribution is 2.29. The van der Waals surface area contributed by atoms with E-state index in [4.69, 9.17) is 4.74 Å². The Morgan fingerprint density at radius 1 is 1.05 bits per heavy atom. The van der Waals surface area contributed by atoms with E-state index >= 15 is 0 Å². The molecule has 206 valence electrons. The molecule has 4 rings (SSSR count). The highest BCUT2D eigenvalue weighted by Gasteiger charge is 2.31. The Labute approximate surface area is 230 Å². The van der Waals surface area contributed by atoms with E-state index in [2.05, 4.69) is 41.6 Å². The van der Waals surface area contributed by atoms with Crippen LogP contribution < -0.4 is 15.4 Å². The standard InChI is InChI=1S/C31H38N4O4/c1-22-18-35(23(2)21-36)30(37)17-25-16-27(33-31(38)32-26-12-8-5-9-13-26)14-15-28(25)39-29(22)20-34(3)19-24-10-6-4-7-11-24/h4-16,22-23,29,36H,17-21H2,1-3H3,(H2,32,33,38)/t22-,23+,29-/m1/s1. The van der Waals surface area contributed by atoms with Crippen molar-refractivity contribution in [1.82, 2.24) is 9.80 Å². The molecule has 0 aromatic heterocycles. The maximum absolute atomic E-state index is 13.4. The molecule has 0 bridgehead atoms. The van der Waals surface area contributed by atoms with E-state index in [-0.39, 0.29) is 43.0 Å². The number of hydrogen-bond acceptors (Lipinski definition) is 5. The smallest absolute Gasteiger partial charge is 0.323 e. The number of likely N-dealkylation sites (N-methyl/N-ethyl adjacent to an activating group) is 1. The summed E-state index contributed by atoms with van der Waals surface area (Å²) in [6, 6.07) is 24.2. The first-order valence-corrected chi connectivity index (χ1v) is 13.4. The van der Waals surface area contributed by atoms with Gasteiger partial charge in [-0.1, -0.05) is 55.5 Å². The lowest BCUT2D eigenvalue weighted by Gasteiger charge is -2.34. The number of hydrogen-bond donors (Lipinski definition) is 3. The van der Waals surface area contributed by atoms with E-state index < -0.39 is 0 Å². The Morgan fingerprint density at radius 2 is 1.72 bits per heavy atom. The van der Waals surface area contributed by atoms with E-state index in [0.29, 0.717) is 35.8 Å². The molecule has 1 heterocycles. The predicted octanol–water partition coefficient (Wildman–Crippen LogP) is 4.61. The summed E-state index contributed by atoms with van der Waals surface area (Å²) in [5, 5.41) is 15.5. The molecule has 0 fully saturated rings. The highest BCUT2D eigenvalue weighted by atomic mass is 16.5. The van der Waals surface area contributed by atoms with Gasteiger partial charge in [0, 0.05) is 42.5 Å². The van der Waals surface area contributed by atoms with Crippen LogP contribution in [-0.4, -0.2) is 65.7 Å². The second-order valence-corrected chi connectivity index (χ2v) is 10.3. The minimum atomic E-state index is -0.374. The van der Waals surface area contributed by atoms with Crippen LogP contribution in [0, 0.1) is 5.92 Å². The van der Waals surface area contributed by atoms with Gasteiger partial charge in [-0.2, -0.15) is 0 Å². The molecule has 0 saturated heterocycles. The number of para-hydroxylation sites is 1. The number of amides is 3. The molecule has 0 spiro atoms. The van der Waals surface area contributed by atoms with Crippen molar-refractivity contribution in [2.45, 2.75) is 39.0 Å². The van der Waals surface area contributed by atoms with Crippen LogP contribution in [0.15, 0.2) is 78.9 Å². The highest BCUT2D eigenvalue weighted by molar-refractivity contribution is 5.99. The molecule has 39 heavy (non-hydrogen) atoms. The number of carbonyl (C=O) groups is 2. The van der Waals surface area contributed by atoms with Crippen LogP contribution in [0.2, 0.25) is 0 Å². The summed E-state index contributed by atoms with van der Waals surface area (Å²) in [7, 11) is 2.06. The van der Waals surface area contributed by atoms with Gasteiger partial charge in [0.1, 0.15) is 11.9 Å². The molecule has 3 amide bonds. The first-order valence-electron chi connectivity index (χ1n) is 13.4. The number of rotatable bonds is 8. The summed E-state index contributed by atoms with van der Waals surface area (Å²) in [6.45, 7) is 5.72. The molecule has 0 aliphatic carbocycles. The van der Waals surface area contributed by atoms with Gasteiger partial charge < -0.3 is 25.4 Å². The largest absolute Gasteiger partial charge is 0.488 e. The molecule has 3 N–H and O–H groups in total. The number of aliphatic hydroxyl groups is 1. The Bertz CT molecular complexity index is 1240. The number of aliphatic hydroxyl groups excluding tert-OH is 1. The number of fused-ring (bicyclic) bond motifs is 1. The molecular weight excluding hydrogens is 492 g/mol. The predicted molar refractivity (Wildman–Crippen MR) is 154 cm³/mol. The quantitative estimate of drug-likeness (QED) is 0.395. The van der Waals surface area contributed by atoms with Crippen molar-refractivity contribution in [3.8, 4) is 5.75 Å². The maximum atomic E-state index is 13.4. The lowest BCUT2D eigenvalue weighted by atomic mass is 10.0. The Morgan fingerprint density at radius 3 is 2.41 bits per heavy atom. The number of nitrogens with one attached hydrogen (secondary N) is 2. The zero-order valence-corrected chi connectivity index (χ0v) is 22.8. The number of carbonyl (C=O) groups excluding carboxylic acids is 2. The molecular formula is C31H38N4O4. The monoisotopic (exact) mass is 530 g/mol. The summed E-state index contributed by atoms with van der Waals surface area (Å²) >= 11 is 0. The minimum absolute atomic E-state index is 0.0153. The van der Waals surface area contributed by atoms with Crippen LogP contribution in [-0.2, 0) is 17.8 Å². The summed E-state index contributed by atoms with van der Waals surface area (Å²) in [5.74, 6) is 0.555. The fourth-order valence-electron chi connectivity index (χ4n) is 4.81. The number of benzene rings is 3. The molecule has 8 nitrogen and oxygen atoms in total. The number of nitrogens with zero attached hydrogens (tertiary/aromatic N) is 2. The molecule has 3 aromatic rings. The summed E-state index contributed by atoms with van der Waals surface area (Å²) in [6.07, 6.45) is -0.0913. The van der Waals surface area contributed by atoms with Gasteiger partial charge in [0.2, 0.25) is 5.91 Å².